The molecule has 1 amide bonds. The van der Waals surface area contributed by atoms with Gasteiger partial charge in [-0.15, -0.1) is 0 Å². The lowest BCUT2D eigenvalue weighted by molar-refractivity contribution is -0.132. The molecular weight excluding hydrogens is 226 g/mol. The van der Waals surface area contributed by atoms with Crippen LogP contribution < -0.4 is 5.32 Å². The summed E-state index contributed by atoms with van der Waals surface area (Å²) >= 11 is 0. The Morgan fingerprint density at radius 1 is 1.11 bits per heavy atom. The smallest absolute Gasteiger partial charge is 0.238 e. The van der Waals surface area contributed by atoms with Gasteiger partial charge in [0.25, 0.3) is 0 Å². The molecule has 1 unspecified atom stereocenters. The van der Waals surface area contributed by atoms with Crippen molar-refractivity contribution in [2.24, 2.45) is 5.92 Å². The highest BCUT2D eigenvalue weighted by atomic mass is 16.2. The second-order valence-corrected chi connectivity index (χ2v) is 6.21. The highest BCUT2D eigenvalue weighted by molar-refractivity contribution is 5.81. The van der Waals surface area contributed by atoms with Crippen LogP contribution in [0.1, 0.15) is 38.5 Å². The zero-order valence-electron chi connectivity index (χ0n) is 11.4. The topological polar surface area (TPSA) is 35.6 Å². The van der Waals surface area contributed by atoms with Gasteiger partial charge in [0.1, 0.15) is 0 Å². The molecule has 3 rings (SSSR count). The van der Waals surface area contributed by atoms with Crippen LogP contribution in [-0.2, 0) is 4.79 Å². The Morgan fingerprint density at radius 3 is 2.44 bits per heavy atom. The second kappa shape index (κ2) is 5.17. The minimum atomic E-state index is 0.335. The van der Waals surface area contributed by atoms with E-state index < -0.39 is 0 Å². The highest BCUT2D eigenvalue weighted by Crippen LogP contribution is 2.33. The fourth-order valence-corrected chi connectivity index (χ4v) is 3.91. The van der Waals surface area contributed by atoms with Crippen LogP contribution in [0.3, 0.4) is 0 Å². The number of rotatable bonds is 2. The van der Waals surface area contributed by atoms with Gasteiger partial charge in [0.15, 0.2) is 0 Å². The van der Waals surface area contributed by atoms with Crippen molar-refractivity contribution < 1.29 is 4.79 Å². The predicted octanol–water partition coefficient (Wildman–Crippen LogP) is 1.03. The average molecular weight is 251 g/mol. The number of nitrogens with one attached hydrogen (secondary N) is 1. The number of hydrogen-bond acceptors (Lipinski definition) is 3. The number of nitrogens with zero attached hydrogens (tertiary/aromatic N) is 2. The van der Waals surface area contributed by atoms with Crippen LogP contribution in [0.15, 0.2) is 0 Å². The summed E-state index contributed by atoms with van der Waals surface area (Å²) in [6.07, 6.45) is 7.92. The normalized spacial score (nSPS) is 32.6. The Bertz CT molecular complexity index is 306. The van der Waals surface area contributed by atoms with Gasteiger partial charge in [0.2, 0.25) is 5.91 Å². The number of piperidine rings is 1. The number of hydrogen-bond donors (Lipinski definition) is 1. The molecule has 2 saturated heterocycles. The molecule has 1 saturated carbocycles. The average Bonchev–Trinajstić information content (AvgIpc) is 2.99. The molecule has 2 aliphatic heterocycles. The first-order chi connectivity index (χ1) is 8.75. The molecule has 1 aliphatic carbocycles. The van der Waals surface area contributed by atoms with Crippen molar-refractivity contribution in [3.63, 3.8) is 0 Å². The SMILES string of the molecule is CN1CCC(N2C(=O)CNC2C2CCCC2)CC1. The van der Waals surface area contributed by atoms with Crippen LogP contribution in [0.4, 0.5) is 0 Å². The van der Waals surface area contributed by atoms with Gasteiger partial charge in [0.05, 0.1) is 12.7 Å². The standard InChI is InChI=1S/C14H25N3O/c1-16-8-6-12(7-9-16)17-13(18)10-15-14(17)11-4-2-3-5-11/h11-12,14-15H,2-10H2,1H3. The van der Waals surface area contributed by atoms with E-state index in [1.165, 1.54) is 25.7 Å². The molecule has 1 atom stereocenters. The van der Waals surface area contributed by atoms with E-state index in [-0.39, 0.29) is 0 Å². The first-order valence-electron chi connectivity index (χ1n) is 7.49. The van der Waals surface area contributed by atoms with Crippen molar-refractivity contribution in [2.45, 2.75) is 50.7 Å². The predicted molar refractivity (Wildman–Crippen MR) is 71.1 cm³/mol. The Morgan fingerprint density at radius 2 is 1.78 bits per heavy atom. The molecule has 18 heavy (non-hydrogen) atoms. The third-order valence-corrected chi connectivity index (χ3v) is 4.98. The van der Waals surface area contributed by atoms with Crippen molar-refractivity contribution in [3.05, 3.63) is 0 Å². The summed E-state index contributed by atoms with van der Waals surface area (Å²) in [7, 11) is 2.18. The second-order valence-electron chi connectivity index (χ2n) is 6.21. The monoisotopic (exact) mass is 251 g/mol. The largest absolute Gasteiger partial charge is 0.323 e. The van der Waals surface area contributed by atoms with Crippen molar-refractivity contribution in [1.82, 2.24) is 15.1 Å². The third-order valence-electron chi connectivity index (χ3n) is 4.98. The number of carbonyl (C=O) groups excluding carboxylic acids is 1. The quantitative estimate of drug-likeness (QED) is 0.796. The minimum Gasteiger partial charge on any atom is -0.323 e. The molecule has 0 aromatic carbocycles. The van der Waals surface area contributed by atoms with E-state index in [0.717, 1.165) is 25.9 Å². The zero-order chi connectivity index (χ0) is 12.5. The molecule has 0 aromatic heterocycles. The molecule has 0 radical (unpaired) electrons. The first-order valence-corrected chi connectivity index (χ1v) is 7.49. The van der Waals surface area contributed by atoms with E-state index >= 15 is 0 Å². The van der Waals surface area contributed by atoms with Gasteiger partial charge >= 0.3 is 0 Å². The van der Waals surface area contributed by atoms with Crippen molar-refractivity contribution in [2.75, 3.05) is 26.7 Å². The van der Waals surface area contributed by atoms with Crippen LogP contribution in [0.25, 0.3) is 0 Å². The summed E-state index contributed by atoms with van der Waals surface area (Å²) in [5, 5.41) is 3.47. The zero-order valence-corrected chi connectivity index (χ0v) is 11.4. The van der Waals surface area contributed by atoms with Crippen LogP contribution in [0, 0.1) is 5.92 Å². The van der Waals surface area contributed by atoms with E-state index in [9.17, 15) is 4.79 Å². The molecular formula is C14H25N3O. The first kappa shape index (κ1) is 12.4. The van der Waals surface area contributed by atoms with Crippen molar-refractivity contribution in [3.8, 4) is 0 Å². The lowest BCUT2D eigenvalue weighted by Crippen LogP contribution is -2.51. The summed E-state index contributed by atoms with van der Waals surface area (Å²) in [4.78, 5) is 16.8. The Balaban J connectivity index is 1.68. The highest BCUT2D eigenvalue weighted by Gasteiger charge is 2.41. The lowest BCUT2D eigenvalue weighted by atomic mass is 9.98. The minimum absolute atomic E-state index is 0.335. The summed E-state index contributed by atoms with van der Waals surface area (Å²) < 4.78 is 0. The summed E-state index contributed by atoms with van der Waals surface area (Å²) in [5.41, 5.74) is 0. The van der Waals surface area contributed by atoms with E-state index in [0.29, 0.717) is 30.6 Å². The number of carbonyl (C=O) groups is 1. The van der Waals surface area contributed by atoms with E-state index in [1.54, 1.807) is 0 Å². The Hall–Kier alpha value is -0.610. The van der Waals surface area contributed by atoms with E-state index in [2.05, 4.69) is 22.2 Å². The van der Waals surface area contributed by atoms with Gasteiger partial charge in [-0.3, -0.25) is 10.1 Å². The van der Waals surface area contributed by atoms with E-state index in [4.69, 9.17) is 0 Å². The molecule has 0 spiro atoms. The Labute approximate surface area is 110 Å². The van der Waals surface area contributed by atoms with Gasteiger partial charge < -0.3 is 9.80 Å². The molecule has 4 nitrogen and oxygen atoms in total. The fraction of sp³-hybridized carbons (Fsp3) is 0.929. The molecule has 0 bridgehead atoms. The van der Waals surface area contributed by atoms with Gasteiger partial charge in [0, 0.05) is 6.04 Å². The molecule has 0 aromatic rings. The van der Waals surface area contributed by atoms with Crippen LogP contribution >= 0.6 is 0 Å². The van der Waals surface area contributed by atoms with Crippen LogP contribution in [0.5, 0.6) is 0 Å². The van der Waals surface area contributed by atoms with Crippen molar-refractivity contribution >= 4 is 5.91 Å². The molecule has 1 N–H and O–H groups in total. The summed E-state index contributed by atoms with van der Waals surface area (Å²) in [6.45, 7) is 2.82. The maximum absolute atomic E-state index is 12.2. The molecule has 3 fully saturated rings. The summed E-state index contributed by atoms with van der Waals surface area (Å²) in [5.74, 6) is 1.04. The fourth-order valence-electron chi connectivity index (χ4n) is 3.91. The Kier molecular flexibility index (Phi) is 3.57. The van der Waals surface area contributed by atoms with Gasteiger partial charge in [-0.25, -0.2) is 0 Å². The summed E-state index contributed by atoms with van der Waals surface area (Å²) in [6, 6.07) is 0.481. The molecule has 102 valence electrons. The van der Waals surface area contributed by atoms with Crippen molar-refractivity contribution in [1.29, 1.82) is 0 Å². The van der Waals surface area contributed by atoms with Crippen LogP contribution in [0.2, 0.25) is 0 Å². The maximum Gasteiger partial charge on any atom is 0.238 e. The number of amides is 1. The molecule has 4 heteroatoms. The number of likely N-dealkylation sites (tertiary alicyclic amines) is 1. The van der Waals surface area contributed by atoms with E-state index in [1.807, 2.05) is 0 Å². The maximum atomic E-state index is 12.2. The van der Waals surface area contributed by atoms with Gasteiger partial charge in [-0.05, 0) is 51.7 Å². The van der Waals surface area contributed by atoms with Crippen LogP contribution in [-0.4, -0.2) is 54.6 Å². The lowest BCUT2D eigenvalue weighted by Gasteiger charge is -2.39. The van der Waals surface area contributed by atoms with Gasteiger partial charge in [-0.1, -0.05) is 12.8 Å². The molecule has 3 aliphatic rings. The molecule has 2 heterocycles. The third kappa shape index (κ3) is 2.28. The van der Waals surface area contributed by atoms with Gasteiger partial charge in [-0.2, -0.15) is 0 Å².